The van der Waals surface area contributed by atoms with E-state index in [4.69, 9.17) is 4.74 Å². The third kappa shape index (κ3) is 3.32. The molecule has 1 saturated carbocycles. The Morgan fingerprint density at radius 1 is 1.45 bits per heavy atom. The second-order valence-electron chi connectivity index (χ2n) is 5.09. The van der Waals surface area contributed by atoms with Crippen molar-refractivity contribution >= 4 is 27.7 Å². The number of pyridine rings is 1. The van der Waals surface area contributed by atoms with Gasteiger partial charge in [-0.3, -0.25) is 0 Å². The summed E-state index contributed by atoms with van der Waals surface area (Å²) in [6, 6.07) is 2.27. The summed E-state index contributed by atoms with van der Waals surface area (Å²) in [5.41, 5.74) is 0.536. The van der Waals surface area contributed by atoms with Crippen molar-refractivity contribution in [3.05, 3.63) is 22.3 Å². The van der Waals surface area contributed by atoms with Crippen LogP contribution in [0.4, 0.5) is 5.82 Å². The molecule has 0 bridgehead atoms. The summed E-state index contributed by atoms with van der Waals surface area (Å²) < 4.78 is 5.68. The molecule has 4 nitrogen and oxygen atoms in total. The number of hydrogen-bond acceptors (Lipinski definition) is 4. The molecule has 2 rings (SSSR count). The van der Waals surface area contributed by atoms with Gasteiger partial charge in [-0.05, 0) is 41.8 Å². The van der Waals surface area contributed by atoms with E-state index in [1.807, 2.05) is 0 Å². The quantitative estimate of drug-likeness (QED) is 0.782. The molecule has 5 heteroatoms. The second kappa shape index (κ2) is 7.07. The smallest absolute Gasteiger partial charge is 0.341 e. The predicted octanol–water partition coefficient (Wildman–Crippen LogP) is 3.79. The fraction of sp³-hybridized carbons (Fsp3) is 0.600. The molecule has 0 N–H and O–H groups in total. The molecule has 1 aromatic heterocycles. The third-order valence-electron chi connectivity index (χ3n) is 3.87. The topological polar surface area (TPSA) is 42.4 Å². The monoisotopic (exact) mass is 340 g/mol. The molecule has 110 valence electrons. The first-order chi connectivity index (χ1) is 9.67. The highest BCUT2D eigenvalue weighted by Gasteiger charge is 2.25. The number of carbonyl (C=O) groups excluding carboxylic acids is 1. The standard InChI is InChI=1S/C15H21BrN2O2/c1-3-18(12-7-5-4-6-8-12)14-13(15(19)20-2)9-11(16)10-17-14/h9-10,12H,3-8H2,1-2H3. The zero-order valence-electron chi connectivity index (χ0n) is 12.1. The summed E-state index contributed by atoms with van der Waals surface area (Å²) in [5, 5.41) is 0. The van der Waals surface area contributed by atoms with E-state index in [9.17, 15) is 4.79 Å². The van der Waals surface area contributed by atoms with Crippen LogP contribution in [0, 0.1) is 0 Å². The van der Waals surface area contributed by atoms with E-state index < -0.39 is 0 Å². The molecule has 1 aliphatic carbocycles. The van der Waals surface area contributed by atoms with Crippen LogP contribution in [0.2, 0.25) is 0 Å². The number of carbonyl (C=O) groups is 1. The van der Waals surface area contributed by atoms with Gasteiger partial charge in [0.25, 0.3) is 0 Å². The Hall–Kier alpha value is -1.10. The van der Waals surface area contributed by atoms with E-state index in [0.717, 1.165) is 16.8 Å². The molecule has 0 saturated heterocycles. The lowest BCUT2D eigenvalue weighted by molar-refractivity contribution is 0.0600. The molecule has 0 spiro atoms. The van der Waals surface area contributed by atoms with E-state index in [1.165, 1.54) is 39.2 Å². The number of aromatic nitrogens is 1. The van der Waals surface area contributed by atoms with Gasteiger partial charge in [-0.1, -0.05) is 19.3 Å². The van der Waals surface area contributed by atoms with E-state index in [0.29, 0.717) is 11.6 Å². The fourth-order valence-electron chi connectivity index (χ4n) is 2.89. The van der Waals surface area contributed by atoms with Crippen molar-refractivity contribution in [3.8, 4) is 0 Å². The number of methoxy groups -OCH3 is 1. The molecule has 0 aromatic carbocycles. The molecule has 20 heavy (non-hydrogen) atoms. The molecule has 0 amide bonds. The minimum Gasteiger partial charge on any atom is -0.465 e. The SMILES string of the molecule is CCN(c1ncc(Br)cc1C(=O)OC)C1CCCCC1. The maximum Gasteiger partial charge on any atom is 0.341 e. The minimum absolute atomic E-state index is 0.331. The zero-order chi connectivity index (χ0) is 14.5. The lowest BCUT2D eigenvalue weighted by Crippen LogP contribution is -2.38. The van der Waals surface area contributed by atoms with E-state index in [1.54, 1.807) is 12.3 Å². The molecule has 0 aliphatic heterocycles. The van der Waals surface area contributed by atoms with Crippen LogP contribution < -0.4 is 4.90 Å². The summed E-state index contributed by atoms with van der Waals surface area (Å²) >= 11 is 3.37. The third-order valence-corrected chi connectivity index (χ3v) is 4.30. The average molecular weight is 341 g/mol. The Bertz CT molecular complexity index is 473. The molecule has 0 unspecified atom stereocenters. The lowest BCUT2D eigenvalue weighted by Gasteiger charge is -2.35. The summed E-state index contributed by atoms with van der Waals surface area (Å²) in [5.74, 6) is 0.414. The van der Waals surface area contributed by atoms with Gasteiger partial charge in [0.15, 0.2) is 0 Å². The molecular formula is C15H21BrN2O2. The molecule has 0 radical (unpaired) electrons. The van der Waals surface area contributed by atoms with Crippen LogP contribution in [-0.4, -0.2) is 30.6 Å². The number of rotatable bonds is 4. The fourth-order valence-corrected chi connectivity index (χ4v) is 3.23. The number of halogens is 1. The van der Waals surface area contributed by atoms with Crippen LogP contribution in [0.25, 0.3) is 0 Å². The predicted molar refractivity (Wildman–Crippen MR) is 83.2 cm³/mol. The number of esters is 1. The first-order valence-electron chi connectivity index (χ1n) is 7.17. The first kappa shape index (κ1) is 15.3. The maximum atomic E-state index is 12.0. The van der Waals surface area contributed by atoms with Gasteiger partial charge in [0, 0.05) is 23.3 Å². The number of nitrogens with zero attached hydrogens (tertiary/aromatic N) is 2. The van der Waals surface area contributed by atoms with Gasteiger partial charge in [0.05, 0.1) is 7.11 Å². The molecule has 1 aliphatic rings. The van der Waals surface area contributed by atoms with Gasteiger partial charge in [-0.25, -0.2) is 9.78 Å². The summed E-state index contributed by atoms with van der Waals surface area (Å²) in [6.07, 6.45) is 7.91. The molecule has 1 fully saturated rings. The summed E-state index contributed by atoms with van der Waals surface area (Å²) in [6.45, 7) is 2.96. The van der Waals surface area contributed by atoms with Gasteiger partial charge in [0.1, 0.15) is 11.4 Å². The van der Waals surface area contributed by atoms with Gasteiger partial charge in [-0.15, -0.1) is 0 Å². The molecule has 0 atom stereocenters. The second-order valence-corrected chi connectivity index (χ2v) is 6.01. The van der Waals surface area contributed by atoms with Crippen molar-refractivity contribution in [2.45, 2.75) is 45.1 Å². The van der Waals surface area contributed by atoms with Crippen molar-refractivity contribution in [1.82, 2.24) is 4.98 Å². The van der Waals surface area contributed by atoms with Crippen molar-refractivity contribution in [3.63, 3.8) is 0 Å². The Morgan fingerprint density at radius 3 is 2.75 bits per heavy atom. The highest BCUT2D eigenvalue weighted by molar-refractivity contribution is 9.10. The summed E-state index contributed by atoms with van der Waals surface area (Å²) in [7, 11) is 1.41. The van der Waals surface area contributed by atoms with Gasteiger partial charge < -0.3 is 9.64 Å². The van der Waals surface area contributed by atoms with Gasteiger partial charge >= 0.3 is 5.97 Å². The number of anilines is 1. The Labute approximate surface area is 128 Å². The Morgan fingerprint density at radius 2 is 2.15 bits per heavy atom. The zero-order valence-corrected chi connectivity index (χ0v) is 13.6. The van der Waals surface area contributed by atoms with Crippen molar-refractivity contribution in [2.24, 2.45) is 0 Å². The van der Waals surface area contributed by atoms with Crippen LogP contribution in [-0.2, 0) is 4.74 Å². The van der Waals surface area contributed by atoms with Crippen LogP contribution in [0.3, 0.4) is 0 Å². The molecular weight excluding hydrogens is 320 g/mol. The highest BCUT2D eigenvalue weighted by Crippen LogP contribution is 2.29. The summed E-state index contributed by atoms with van der Waals surface area (Å²) in [4.78, 5) is 18.7. The molecule has 1 heterocycles. The normalized spacial score (nSPS) is 15.9. The van der Waals surface area contributed by atoms with Gasteiger partial charge in [-0.2, -0.15) is 0 Å². The van der Waals surface area contributed by atoms with Crippen LogP contribution in [0.5, 0.6) is 0 Å². The average Bonchev–Trinajstić information content (AvgIpc) is 2.49. The van der Waals surface area contributed by atoms with E-state index in [-0.39, 0.29) is 5.97 Å². The van der Waals surface area contributed by atoms with E-state index >= 15 is 0 Å². The van der Waals surface area contributed by atoms with Crippen molar-refractivity contribution in [2.75, 3.05) is 18.6 Å². The largest absolute Gasteiger partial charge is 0.465 e. The number of ether oxygens (including phenoxy) is 1. The van der Waals surface area contributed by atoms with E-state index in [2.05, 4.69) is 32.7 Å². The Balaban J connectivity index is 2.35. The lowest BCUT2D eigenvalue weighted by atomic mass is 9.94. The first-order valence-corrected chi connectivity index (χ1v) is 7.97. The highest BCUT2D eigenvalue weighted by atomic mass is 79.9. The van der Waals surface area contributed by atoms with Crippen LogP contribution in [0.15, 0.2) is 16.7 Å². The van der Waals surface area contributed by atoms with Crippen molar-refractivity contribution < 1.29 is 9.53 Å². The van der Waals surface area contributed by atoms with Crippen LogP contribution >= 0.6 is 15.9 Å². The minimum atomic E-state index is -0.331. The molecule has 1 aromatic rings. The number of hydrogen-bond donors (Lipinski definition) is 0. The Kier molecular flexibility index (Phi) is 5.40. The van der Waals surface area contributed by atoms with Crippen LogP contribution in [0.1, 0.15) is 49.4 Å². The maximum absolute atomic E-state index is 12.0. The van der Waals surface area contributed by atoms with Gasteiger partial charge in [0.2, 0.25) is 0 Å². The van der Waals surface area contributed by atoms with Crippen molar-refractivity contribution in [1.29, 1.82) is 0 Å².